The van der Waals surface area contributed by atoms with Gasteiger partial charge in [0, 0.05) is 5.75 Å². The molecule has 3 aromatic rings. The van der Waals surface area contributed by atoms with Crippen LogP contribution in [0.25, 0.3) is 11.5 Å². The van der Waals surface area contributed by atoms with Gasteiger partial charge in [0.1, 0.15) is 5.75 Å². The van der Waals surface area contributed by atoms with E-state index in [1.807, 2.05) is 30.3 Å². The Morgan fingerprint density at radius 3 is 2.64 bits per heavy atom. The molecule has 3 rings (SSSR count). The number of carbonyl (C=O) groups is 1. The van der Waals surface area contributed by atoms with Gasteiger partial charge in [-0.25, -0.2) is 4.79 Å². The molecule has 0 amide bonds. The van der Waals surface area contributed by atoms with Crippen LogP contribution in [0.15, 0.2) is 59.0 Å². The summed E-state index contributed by atoms with van der Waals surface area (Å²) >= 11 is 1.61. The Labute approximate surface area is 148 Å². The first-order chi connectivity index (χ1) is 12.2. The molecule has 1 aromatic heterocycles. The fourth-order valence-corrected chi connectivity index (χ4v) is 2.81. The normalized spacial score (nSPS) is 10.6. The van der Waals surface area contributed by atoms with Crippen LogP contribution in [0.3, 0.4) is 0 Å². The maximum absolute atomic E-state index is 11.3. The molecule has 7 heteroatoms. The molecule has 0 fully saturated rings. The first-order valence-corrected chi connectivity index (χ1v) is 8.80. The first-order valence-electron chi connectivity index (χ1n) is 7.64. The number of aromatic nitrogens is 2. The van der Waals surface area contributed by atoms with Crippen molar-refractivity contribution in [2.24, 2.45) is 0 Å². The smallest absolute Gasteiger partial charge is 0.336 e. The number of carboxylic acids is 1. The van der Waals surface area contributed by atoms with Crippen molar-refractivity contribution in [2.75, 3.05) is 12.4 Å². The molecule has 25 heavy (non-hydrogen) atoms. The summed E-state index contributed by atoms with van der Waals surface area (Å²) in [4.78, 5) is 11.3. The van der Waals surface area contributed by atoms with Crippen molar-refractivity contribution in [2.45, 2.75) is 5.75 Å². The van der Waals surface area contributed by atoms with Crippen LogP contribution in [0.5, 0.6) is 5.75 Å². The minimum Gasteiger partial charge on any atom is -0.493 e. The number of hydrogen-bond donors (Lipinski definition) is 1. The van der Waals surface area contributed by atoms with Gasteiger partial charge in [-0.3, -0.25) is 0 Å². The fourth-order valence-electron chi connectivity index (χ4n) is 2.17. The topological polar surface area (TPSA) is 85.5 Å². The highest BCUT2D eigenvalue weighted by Gasteiger charge is 2.16. The van der Waals surface area contributed by atoms with Crippen molar-refractivity contribution >= 4 is 17.7 Å². The first kappa shape index (κ1) is 17.0. The van der Waals surface area contributed by atoms with E-state index in [2.05, 4.69) is 10.2 Å². The molecule has 0 aliphatic heterocycles. The molecule has 128 valence electrons. The lowest BCUT2D eigenvalue weighted by atomic mass is 10.1. The maximum Gasteiger partial charge on any atom is 0.336 e. The van der Waals surface area contributed by atoms with Crippen LogP contribution in [0.2, 0.25) is 0 Å². The molecule has 0 aliphatic rings. The van der Waals surface area contributed by atoms with Crippen LogP contribution in [0, 0.1) is 0 Å². The van der Waals surface area contributed by atoms with Gasteiger partial charge in [0.15, 0.2) is 0 Å². The number of benzene rings is 2. The van der Waals surface area contributed by atoms with Gasteiger partial charge in [-0.05, 0) is 24.3 Å². The van der Waals surface area contributed by atoms with E-state index in [4.69, 9.17) is 9.15 Å². The molecule has 0 spiro atoms. The van der Waals surface area contributed by atoms with Gasteiger partial charge in [-0.2, -0.15) is 0 Å². The third-order valence-corrected chi connectivity index (χ3v) is 4.23. The lowest BCUT2D eigenvalue weighted by Crippen LogP contribution is -2.00. The Kier molecular flexibility index (Phi) is 5.69. The average Bonchev–Trinajstić information content (AvgIpc) is 3.11. The molecular formula is C18H16N2O4S. The largest absolute Gasteiger partial charge is 0.493 e. The number of aromatic carboxylic acids is 1. The lowest BCUT2D eigenvalue weighted by Gasteiger charge is -2.04. The van der Waals surface area contributed by atoms with E-state index < -0.39 is 5.97 Å². The van der Waals surface area contributed by atoms with Crippen molar-refractivity contribution in [1.29, 1.82) is 0 Å². The molecule has 1 N–H and O–H groups in total. The second kappa shape index (κ2) is 8.34. The summed E-state index contributed by atoms with van der Waals surface area (Å²) in [5.74, 6) is 1.81. The van der Waals surface area contributed by atoms with Crippen LogP contribution in [0.4, 0.5) is 0 Å². The summed E-state index contributed by atoms with van der Waals surface area (Å²) in [6.07, 6.45) is 0. The van der Waals surface area contributed by atoms with Crippen LogP contribution in [-0.2, 0) is 5.75 Å². The van der Waals surface area contributed by atoms with Gasteiger partial charge in [-0.1, -0.05) is 30.3 Å². The lowest BCUT2D eigenvalue weighted by molar-refractivity contribution is 0.0697. The van der Waals surface area contributed by atoms with Gasteiger partial charge in [0.05, 0.1) is 23.5 Å². The Bertz CT molecular complexity index is 836. The predicted octanol–water partition coefficient (Wildman–Crippen LogP) is 3.75. The predicted molar refractivity (Wildman–Crippen MR) is 94.8 cm³/mol. The number of carboxylic acid groups (broad SMARTS) is 1. The van der Waals surface area contributed by atoms with E-state index in [9.17, 15) is 9.90 Å². The van der Waals surface area contributed by atoms with Crippen molar-refractivity contribution in [1.82, 2.24) is 10.2 Å². The molecule has 0 bridgehead atoms. The van der Waals surface area contributed by atoms with Crippen molar-refractivity contribution < 1.29 is 19.1 Å². The molecular weight excluding hydrogens is 340 g/mol. The summed E-state index contributed by atoms with van der Waals surface area (Å²) < 4.78 is 11.2. The molecule has 0 unspecified atom stereocenters. The maximum atomic E-state index is 11.3. The Morgan fingerprint density at radius 1 is 1.08 bits per heavy atom. The minimum absolute atomic E-state index is 0.140. The molecule has 0 radical (unpaired) electrons. The van der Waals surface area contributed by atoms with Crippen LogP contribution in [0.1, 0.15) is 16.2 Å². The van der Waals surface area contributed by atoms with Crippen molar-refractivity contribution in [3.63, 3.8) is 0 Å². The van der Waals surface area contributed by atoms with Gasteiger partial charge in [-0.15, -0.1) is 22.0 Å². The quantitative estimate of drug-likeness (QED) is 0.615. The number of ether oxygens (including phenoxy) is 1. The minimum atomic E-state index is -1.03. The fraction of sp³-hybridized carbons (Fsp3) is 0.167. The summed E-state index contributed by atoms with van der Waals surface area (Å²) in [6.45, 7) is 0.581. The third-order valence-electron chi connectivity index (χ3n) is 3.32. The molecule has 2 aromatic carbocycles. The van der Waals surface area contributed by atoms with E-state index in [0.29, 0.717) is 23.8 Å². The number of rotatable bonds is 8. The zero-order valence-corrected chi connectivity index (χ0v) is 14.1. The monoisotopic (exact) mass is 356 g/mol. The van der Waals surface area contributed by atoms with Crippen LogP contribution in [-0.4, -0.2) is 33.6 Å². The van der Waals surface area contributed by atoms with Crippen LogP contribution >= 0.6 is 11.8 Å². The highest BCUT2D eigenvalue weighted by atomic mass is 32.2. The third kappa shape index (κ3) is 4.60. The number of nitrogens with zero attached hydrogens (tertiary/aromatic N) is 2. The van der Waals surface area contributed by atoms with Crippen LogP contribution < -0.4 is 4.74 Å². The Hall–Kier alpha value is -2.80. The second-order valence-electron chi connectivity index (χ2n) is 5.07. The molecule has 0 aliphatic carbocycles. The standard InChI is InChI=1S/C18H16N2O4S/c21-18(22)15-9-5-4-8-14(15)17-20-19-16(24-17)12-25-11-10-23-13-6-2-1-3-7-13/h1-9H,10-12H2,(H,21,22). The van der Waals surface area contributed by atoms with E-state index in [1.54, 1.807) is 30.0 Å². The molecule has 0 saturated heterocycles. The summed E-state index contributed by atoms with van der Waals surface area (Å²) in [5, 5.41) is 17.1. The number of para-hydroxylation sites is 1. The zero-order chi connectivity index (χ0) is 17.5. The van der Waals surface area contributed by atoms with E-state index in [0.717, 1.165) is 11.5 Å². The summed E-state index contributed by atoms with van der Waals surface area (Å²) in [7, 11) is 0. The van der Waals surface area contributed by atoms with Gasteiger partial charge in [0.25, 0.3) is 0 Å². The molecule has 0 atom stereocenters. The second-order valence-corrected chi connectivity index (χ2v) is 6.17. The van der Waals surface area contributed by atoms with Gasteiger partial charge in [0.2, 0.25) is 11.8 Å². The molecule has 1 heterocycles. The highest BCUT2D eigenvalue weighted by Crippen LogP contribution is 2.23. The van der Waals surface area contributed by atoms with E-state index >= 15 is 0 Å². The highest BCUT2D eigenvalue weighted by molar-refractivity contribution is 7.98. The van der Waals surface area contributed by atoms with Gasteiger partial charge >= 0.3 is 5.97 Å². The Balaban J connectivity index is 1.52. The number of hydrogen-bond acceptors (Lipinski definition) is 6. The zero-order valence-electron chi connectivity index (χ0n) is 13.3. The SMILES string of the molecule is O=C(O)c1ccccc1-c1nnc(CSCCOc2ccccc2)o1. The number of thioether (sulfide) groups is 1. The van der Waals surface area contributed by atoms with E-state index in [1.165, 1.54) is 6.07 Å². The van der Waals surface area contributed by atoms with Crippen molar-refractivity contribution in [3.05, 3.63) is 66.1 Å². The van der Waals surface area contributed by atoms with E-state index in [-0.39, 0.29) is 11.5 Å². The van der Waals surface area contributed by atoms with Gasteiger partial charge < -0.3 is 14.3 Å². The Morgan fingerprint density at radius 2 is 1.84 bits per heavy atom. The summed E-state index contributed by atoms with van der Waals surface area (Å²) in [5.41, 5.74) is 0.563. The molecule has 0 saturated carbocycles. The summed E-state index contributed by atoms with van der Waals surface area (Å²) in [6, 6.07) is 16.2. The van der Waals surface area contributed by atoms with Crippen molar-refractivity contribution in [3.8, 4) is 17.2 Å². The average molecular weight is 356 g/mol. The molecule has 6 nitrogen and oxygen atoms in total.